The van der Waals surface area contributed by atoms with Crippen LogP contribution in [0.25, 0.3) is 0 Å². The van der Waals surface area contributed by atoms with Crippen molar-refractivity contribution in [2.24, 2.45) is 0 Å². The minimum atomic E-state index is -0.395. The molecule has 0 amide bonds. The van der Waals surface area contributed by atoms with Gasteiger partial charge in [0.05, 0.1) is 12.6 Å². The highest BCUT2D eigenvalue weighted by molar-refractivity contribution is 5.40. The Bertz CT molecular complexity index is 776. The third-order valence-electron chi connectivity index (χ3n) is 4.05. The third-order valence-corrected chi connectivity index (χ3v) is 4.05. The standard InChI is InChI=1S/C17H21N3O3/c1-11(2)20-16(21)9-15(19-17(20)22)18-14-7-8-23-10-12-5-3-4-6-13(12)14/h3-6,9,11,14,18H,7-8,10H2,1-2H3,(H,19,22). The molecule has 122 valence electrons. The van der Waals surface area contributed by atoms with Gasteiger partial charge >= 0.3 is 5.69 Å². The number of benzene rings is 1. The lowest BCUT2D eigenvalue weighted by Crippen LogP contribution is -2.36. The quantitative estimate of drug-likeness (QED) is 0.910. The fraction of sp³-hybridized carbons (Fsp3) is 0.412. The number of hydrogen-bond acceptors (Lipinski definition) is 4. The number of hydrogen-bond donors (Lipinski definition) is 2. The summed E-state index contributed by atoms with van der Waals surface area (Å²) in [5.41, 5.74) is 1.57. The van der Waals surface area contributed by atoms with Crippen LogP contribution in [-0.4, -0.2) is 16.2 Å². The Hall–Kier alpha value is -2.34. The molecule has 1 aliphatic rings. The van der Waals surface area contributed by atoms with Gasteiger partial charge in [-0.3, -0.25) is 14.3 Å². The molecule has 2 N–H and O–H groups in total. The normalized spacial score (nSPS) is 17.6. The van der Waals surface area contributed by atoms with Gasteiger partial charge in [-0.15, -0.1) is 0 Å². The van der Waals surface area contributed by atoms with Crippen LogP contribution in [0.4, 0.5) is 5.82 Å². The fourth-order valence-corrected chi connectivity index (χ4v) is 2.95. The Morgan fingerprint density at radius 1 is 1.30 bits per heavy atom. The first kappa shape index (κ1) is 15.6. The van der Waals surface area contributed by atoms with Crippen LogP contribution in [0.5, 0.6) is 0 Å². The molecule has 0 saturated heterocycles. The Kier molecular flexibility index (Phi) is 4.34. The van der Waals surface area contributed by atoms with Crippen molar-refractivity contribution >= 4 is 5.82 Å². The molecule has 0 saturated carbocycles. The van der Waals surface area contributed by atoms with E-state index in [0.29, 0.717) is 19.0 Å². The fourth-order valence-electron chi connectivity index (χ4n) is 2.95. The average Bonchev–Trinajstić information content (AvgIpc) is 2.69. The van der Waals surface area contributed by atoms with Crippen LogP contribution in [0.3, 0.4) is 0 Å². The van der Waals surface area contributed by atoms with E-state index in [1.165, 1.54) is 10.6 Å². The van der Waals surface area contributed by atoms with Gasteiger partial charge in [0.15, 0.2) is 0 Å². The van der Waals surface area contributed by atoms with Gasteiger partial charge in [-0.1, -0.05) is 24.3 Å². The number of H-pyrrole nitrogens is 1. The molecule has 1 atom stereocenters. The van der Waals surface area contributed by atoms with E-state index in [4.69, 9.17) is 4.74 Å². The van der Waals surface area contributed by atoms with Gasteiger partial charge in [-0.2, -0.15) is 0 Å². The summed E-state index contributed by atoms with van der Waals surface area (Å²) < 4.78 is 6.81. The van der Waals surface area contributed by atoms with E-state index >= 15 is 0 Å². The Morgan fingerprint density at radius 3 is 2.83 bits per heavy atom. The van der Waals surface area contributed by atoms with E-state index in [1.807, 2.05) is 32.0 Å². The summed E-state index contributed by atoms with van der Waals surface area (Å²) in [6, 6.07) is 9.32. The SMILES string of the molecule is CC(C)n1c(=O)cc(NC2CCOCc3ccccc32)[nH]c1=O. The molecule has 1 aromatic carbocycles. The van der Waals surface area contributed by atoms with Crippen LogP contribution >= 0.6 is 0 Å². The predicted octanol–water partition coefficient (Wildman–Crippen LogP) is 2.19. The molecule has 2 aromatic rings. The van der Waals surface area contributed by atoms with E-state index in [-0.39, 0.29) is 17.6 Å². The summed E-state index contributed by atoms with van der Waals surface area (Å²) in [5, 5.41) is 3.28. The maximum Gasteiger partial charge on any atom is 0.330 e. The molecule has 0 bridgehead atoms. The van der Waals surface area contributed by atoms with Gasteiger partial charge in [-0.25, -0.2) is 4.79 Å². The molecule has 6 heteroatoms. The molecule has 3 rings (SSSR count). The van der Waals surface area contributed by atoms with Crippen LogP contribution in [0, 0.1) is 0 Å². The molecule has 0 spiro atoms. The molecule has 0 aliphatic carbocycles. The molecular formula is C17H21N3O3. The zero-order chi connectivity index (χ0) is 16.4. The zero-order valence-corrected chi connectivity index (χ0v) is 13.3. The van der Waals surface area contributed by atoms with Gasteiger partial charge < -0.3 is 10.1 Å². The molecule has 0 fully saturated rings. The van der Waals surface area contributed by atoms with Crippen molar-refractivity contribution in [1.29, 1.82) is 0 Å². The summed E-state index contributed by atoms with van der Waals surface area (Å²) in [5.74, 6) is 0.443. The number of aromatic nitrogens is 2. The summed E-state index contributed by atoms with van der Waals surface area (Å²) >= 11 is 0. The lowest BCUT2D eigenvalue weighted by Gasteiger charge is -2.20. The first-order valence-corrected chi connectivity index (χ1v) is 7.84. The van der Waals surface area contributed by atoms with Gasteiger partial charge in [0, 0.05) is 18.7 Å². The van der Waals surface area contributed by atoms with E-state index in [9.17, 15) is 9.59 Å². The predicted molar refractivity (Wildman–Crippen MR) is 88.8 cm³/mol. The molecular weight excluding hydrogens is 294 g/mol. The van der Waals surface area contributed by atoms with Crippen molar-refractivity contribution < 1.29 is 4.74 Å². The highest BCUT2D eigenvalue weighted by Crippen LogP contribution is 2.27. The largest absolute Gasteiger partial charge is 0.377 e. The smallest absolute Gasteiger partial charge is 0.330 e. The molecule has 0 radical (unpaired) electrons. The lowest BCUT2D eigenvalue weighted by atomic mass is 9.99. The van der Waals surface area contributed by atoms with Crippen LogP contribution in [0.2, 0.25) is 0 Å². The van der Waals surface area contributed by atoms with Gasteiger partial charge in [-0.05, 0) is 31.4 Å². The summed E-state index contributed by atoms with van der Waals surface area (Å²) in [4.78, 5) is 27.0. The van der Waals surface area contributed by atoms with E-state index < -0.39 is 5.69 Å². The number of aromatic amines is 1. The van der Waals surface area contributed by atoms with Gasteiger partial charge in [0.25, 0.3) is 5.56 Å². The first-order valence-electron chi connectivity index (χ1n) is 7.84. The molecule has 1 unspecified atom stereocenters. The van der Waals surface area contributed by atoms with Crippen molar-refractivity contribution in [2.45, 2.75) is 39.0 Å². The summed E-state index contributed by atoms with van der Waals surface area (Å²) in [7, 11) is 0. The van der Waals surface area contributed by atoms with E-state index in [0.717, 1.165) is 17.5 Å². The van der Waals surface area contributed by atoms with E-state index in [2.05, 4.69) is 16.4 Å². The van der Waals surface area contributed by atoms with Crippen molar-refractivity contribution in [2.75, 3.05) is 11.9 Å². The second-order valence-electron chi connectivity index (χ2n) is 6.03. The Labute approximate surface area is 134 Å². The number of anilines is 1. The highest BCUT2D eigenvalue weighted by atomic mass is 16.5. The van der Waals surface area contributed by atoms with Crippen molar-refractivity contribution in [1.82, 2.24) is 9.55 Å². The molecule has 6 nitrogen and oxygen atoms in total. The van der Waals surface area contributed by atoms with Crippen molar-refractivity contribution in [3.8, 4) is 0 Å². The second kappa shape index (κ2) is 6.42. The second-order valence-corrected chi connectivity index (χ2v) is 6.03. The average molecular weight is 315 g/mol. The first-order chi connectivity index (χ1) is 11.1. The topological polar surface area (TPSA) is 76.1 Å². The van der Waals surface area contributed by atoms with Crippen LogP contribution < -0.4 is 16.6 Å². The van der Waals surface area contributed by atoms with Crippen LogP contribution in [-0.2, 0) is 11.3 Å². The van der Waals surface area contributed by atoms with Crippen molar-refractivity contribution in [3.05, 3.63) is 62.3 Å². The molecule has 1 aromatic heterocycles. The summed E-state index contributed by atoms with van der Waals surface area (Å²) in [6.45, 7) is 4.82. The maximum atomic E-state index is 12.1. The minimum absolute atomic E-state index is 0.00125. The van der Waals surface area contributed by atoms with Crippen LogP contribution in [0.15, 0.2) is 39.9 Å². The maximum absolute atomic E-state index is 12.1. The van der Waals surface area contributed by atoms with Gasteiger partial charge in [0.1, 0.15) is 5.82 Å². The molecule has 2 heterocycles. The van der Waals surface area contributed by atoms with E-state index in [1.54, 1.807) is 0 Å². The number of nitrogens with zero attached hydrogens (tertiary/aromatic N) is 1. The molecule has 23 heavy (non-hydrogen) atoms. The number of nitrogens with one attached hydrogen (secondary N) is 2. The lowest BCUT2D eigenvalue weighted by molar-refractivity contribution is 0.123. The minimum Gasteiger partial charge on any atom is -0.377 e. The summed E-state index contributed by atoms with van der Waals surface area (Å²) in [6.07, 6.45) is 0.770. The zero-order valence-electron chi connectivity index (χ0n) is 13.3. The number of ether oxygens (including phenoxy) is 1. The number of rotatable bonds is 3. The Balaban J connectivity index is 1.94. The molecule has 1 aliphatic heterocycles. The third kappa shape index (κ3) is 3.22. The number of fused-ring (bicyclic) bond motifs is 1. The van der Waals surface area contributed by atoms with Gasteiger partial charge in [0.2, 0.25) is 0 Å². The van der Waals surface area contributed by atoms with Crippen LogP contribution in [0.1, 0.15) is 43.5 Å². The van der Waals surface area contributed by atoms with Crippen molar-refractivity contribution in [3.63, 3.8) is 0 Å². The Morgan fingerprint density at radius 2 is 2.09 bits per heavy atom. The highest BCUT2D eigenvalue weighted by Gasteiger charge is 2.19. The monoisotopic (exact) mass is 315 g/mol.